The molecule has 0 radical (unpaired) electrons. The first-order chi connectivity index (χ1) is 15.5. The lowest BCUT2D eigenvalue weighted by Crippen LogP contribution is -2.03. The first kappa shape index (κ1) is 23.1. The molecule has 164 valence electrons. The summed E-state index contributed by atoms with van der Waals surface area (Å²) < 4.78 is 16.5. The van der Waals surface area contributed by atoms with Gasteiger partial charge < -0.3 is 14.2 Å². The van der Waals surface area contributed by atoms with Crippen molar-refractivity contribution in [2.75, 3.05) is 19.6 Å². The summed E-state index contributed by atoms with van der Waals surface area (Å²) >= 11 is 5.92. The number of nitriles is 1. The Bertz CT molecular complexity index is 1140. The molecule has 0 fully saturated rings. The first-order valence-corrected chi connectivity index (χ1v) is 10.2. The molecular formula is C24H23ClN4O3. The van der Waals surface area contributed by atoms with Gasteiger partial charge in [-0.3, -0.25) is 5.43 Å². The average molecular weight is 451 g/mol. The zero-order valence-corrected chi connectivity index (χ0v) is 18.8. The lowest BCUT2D eigenvalue weighted by atomic mass is 10.1. The molecule has 0 aliphatic carbocycles. The molecule has 3 aromatic rings. The maximum atomic E-state index is 9.50. The van der Waals surface area contributed by atoms with E-state index in [4.69, 9.17) is 25.8 Å². The van der Waals surface area contributed by atoms with Gasteiger partial charge in [0.05, 0.1) is 19.9 Å². The van der Waals surface area contributed by atoms with E-state index in [2.05, 4.69) is 21.6 Å². The third-order valence-corrected chi connectivity index (χ3v) is 4.77. The Hall–Kier alpha value is -3.60. The summed E-state index contributed by atoms with van der Waals surface area (Å²) in [6.45, 7) is 2.56. The summed E-state index contributed by atoms with van der Waals surface area (Å²) in [6, 6.07) is 16.9. The molecule has 0 saturated carbocycles. The molecule has 0 saturated heterocycles. The van der Waals surface area contributed by atoms with Gasteiger partial charge in [0, 0.05) is 23.4 Å². The average Bonchev–Trinajstić information content (AvgIpc) is 2.79. The van der Waals surface area contributed by atoms with Crippen molar-refractivity contribution in [3.8, 4) is 17.6 Å². The molecule has 0 atom stereocenters. The Labute approximate surface area is 192 Å². The number of anilines is 1. The number of hydrazone groups is 1. The second-order valence-corrected chi connectivity index (χ2v) is 7.32. The molecule has 0 amide bonds. The normalized spacial score (nSPS) is 10.7. The van der Waals surface area contributed by atoms with Crippen LogP contribution in [0.25, 0.3) is 0 Å². The summed E-state index contributed by atoms with van der Waals surface area (Å²) in [5.41, 5.74) is 6.56. The minimum atomic E-state index is 0.319. The predicted octanol–water partition coefficient (Wildman–Crippen LogP) is 5.10. The highest BCUT2D eigenvalue weighted by molar-refractivity contribution is 6.30. The van der Waals surface area contributed by atoms with Gasteiger partial charge in [0.1, 0.15) is 18.2 Å². The Kier molecular flexibility index (Phi) is 8.03. The highest BCUT2D eigenvalue weighted by atomic mass is 35.5. The number of nitrogens with zero attached hydrogens (tertiary/aromatic N) is 3. The second-order valence-electron chi connectivity index (χ2n) is 6.89. The van der Waals surface area contributed by atoms with Crippen LogP contribution in [0.5, 0.6) is 11.5 Å². The molecular weight excluding hydrogens is 428 g/mol. The van der Waals surface area contributed by atoms with Crippen molar-refractivity contribution >= 4 is 23.6 Å². The van der Waals surface area contributed by atoms with Gasteiger partial charge in [-0.2, -0.15) is 10.4 Å². The molecule has 3 rings (SSSR count). The van der Waals surface area contributed by atoms with E-state index < -0.39 is 0 Å². The van der Waals surface area contributed by atoms with Gasteiger partial charge in [-0.05, 0) is 54.4 Å². The van der Waals surface area contributed by atoms with Crippen LogP contribution < -0.4 is 14.9 Å². The van der Waals surface area contributed by atoms with Crippen LogP contribution in [0.1, 0.15) is 27.9 Å². The summed E-state index contributed by atoms with van der Waals surface area (Å²) in [4.78, 5) is 4.37. The number of hydrogen-bond acceptors (Lipinski definition) is 7. The molecule has 32 heavy (non-hydrogen) atoms. The number of aryl methyl sites for hydroxylation is 1. The number of pyridine rings is 1. The number of rotatable bonds is 9. The molecule has 0 unspecified atom stereocenters. The van der Waals surface area contributed by atoms with E-state index in [-0.39, 0.29) is 0 Å². The fraction of sp³-hybridized carbons (Fsp3) is 0.208. The van der Waals surface area contributed by atoms with Crippen molar-refractivity contribution < 1.29 is 14.2 Å². The predicted molar refractivity (Wildman–Crippen MR) is 124 cm³/mol. The van der Waals surface area contributed by atoms with Crippen LogP contribution >= 0.6 is 11.6 Å². The molecule has 1 aromatic heterocycles. The van der Waals surface area contributed by atoms with E-state index in [0.717, 1.165) is 22.4 Å². The zero-order chi connectivity index (χ0) is 22.9. The van der Waals surface area contributed by atoms with Gasteiger partial charge >= 0.3 is 0 Å². The summed E-state index contributed by atoms with van der Waals surface area (Å²) in [5, 5.41) is 14.4. The van der Waals surface area contributed by atoms with Gasteiger partial charge in [-0.15, -0.1) is 0 Å². The van der Waals surface area contributed by atoms with E-state index in [1.54, 1.807) is 20.4 Å². The van der Waals surface area contributed by atoms with Crippen molar-refractivity contribution in [3.63, 3.8) is 0 Å². The minimum Gasteiger partial charge on any atom is -0.493 e. The van der Waals surface area contributed by atoms with E-state index in [1.165, 1.54) is 0 Å². The Morgan fingerprint density at radius 1 is 1.09 bits per heavy atom. The Morgan fingerprint density at radius 3 is 2.56 bits per heavy atom. The number of aromatic nitrogens is 1. The number of nitrogens with one attached hydrogen (secondary N) is 1. The number of benzene rings is 2. The van der Waals surface area contributed by atoms with Gasteiger partial charge in [0.2, 0.25) is 0 Å². The first-order valence-electron chi connectivity index (χ1n) is 9.78. The van der Waals surface area contributed by atoms with Gasteiger partial charge in [-0.25, -0.2) is 4.98 Å². The molecule has 0 spiro atoms. The summed E-state index contributed by atoms with van der Waals surface area (Å²) in [5.74, 6) is 1.58. The number of ether oxygens (including phenoxy) is 3. The quantitative estimate of drug-likeness (QED) is 0.360. The maximum Gasteiger partial charge on any atom is 0.164 e. The van der Waals surface area contributed by atoms with Crippen LogP contribution in [0.3, 0.4) is 0 Å². The largest absolute Gasteiger partial charge is 0.493 e. The van der Waals surface area contributed by atoms with E-state index in [1.807, 2.05) is 55.5 Å². The van der Waals surface area contributed by atoms with Crippen molar-refractivity contribution in [1.29, 1.82) is 5.26 Å². The van der Waals surface area contributed by atoms with Crippen LogP contribution in [0.2, 0.25) is 5.02 Å². The molecule has 0 aliphatic heterocycles. The summed E-state index contributed by atoms with van der Waals surface area (Å²) in [6.07, 6.45) is 1.62. The van der Waals surface area contributed by atoms with Crippen molar-refractivity contribution in [3.05, 3.63) is 81.5 Å². The van der Waals surface area contributed by atoms with Crippen LogP contribution in [-0.4, -0.2) is 25.4 Å². The monoisotopic (exact) mass is 450 g/mol. The summed E-state index contributed by atoms with van der Waals surface area (Å²) in [7, 11) is 3.16. The van der Waals surface area contributed by atoms with Crippen LogP contribution in [0, 0.1) is 18.3 Å². The molecule has 8 heteroatoms. The molecule has 1 heterocycles. The third-order valence-electron chi connectivity index (χ3n) is 4.52. The van der Waals surface area contributed by atoms with Crippen molar-refractivity contribution in [2.24, 2.45) is 5.10 Å². The molecule has 0 aliphatic rings. The van der Waals surface area contributed by atoms with Crippen molar-refractivity contribution in [2.45, 2.75) is 20.1 Å². The minimum absolute atomic E-state index is 0.319. The Balaban J connectivity index is 1.71. The topological polar surface area (TPSA) is 88.8 Å². The fourth-order valence-corrected chi connectivity index (χ4v) is 3.14. The molecule has 2 aromatic carbocycles. The lowest BCUT2D eigenvalue weighted by Gasteiger charge is -2.11. The zero-order valence-electron chi connectivity index (χ0n) is 18.1. The third kappa shape index (κ3) is 5.97. The molecule has 1 N–H and O–H groups in total. The molecule has 0 bridgehead atoms. The SMILES string of the molecule is COCc1cc(C)nc(N/N=C\c2ccc(OCc3ccc(Cl)cc3)c(OC)c2)c1C#N. The highest BCUT2D eigenvalue weighted by Gasteiger charge is 2.11. The van der Waals surface area contributed by atoms with Crippen LogP contribution in [0.4, 0.5) is 5.82 Å². The fourth-order valence-electron chi connectivity index (χ4n) is 3.01. The van der Waals surface area contributed by atoms with E-state index in [0.29, 0.717) is 41.1 Å². The lowest BCUT2D eigenvalue weighted by molar-refractivity contribution is 0.184. The molecule has 7 nitrogen and oxygen atoms in total. The second kappa shape index (κ2) is 11.1. The van der Waals surface area contributed by atoms with Crippen LogP contribution in [-0.2, 0) is 18.0 Å². The van der Waals surface area contributed by atoms with Gasteiger partial charge in [0.15, 0.2) is 17.3 Å². The van der Waals surface area contributed by atoms with Gasteiger partial charge in [-0.1, -0.05) is 23.7 Å². The number of halogens is 1. The van der Waals surface area contributed by atoms with Gasteiger partial charge in [0.25, 0.3) is 0 Å². The van der Waals surface area contributed by atoms with E-state index in [9.17, 15) is 5.26 Å². The highest BCUT2D eigenvalue weighted by Crippen LogP contribution is 2.28. The van der Waals surface area contributed by atoms with E-state index >= 15 is 0 Å². The number of hydrogen-bond donors (Lipinski definition) is 1. The van der Waals surface area contributed by atoms with Crippen LogP contribution in [0.15, 0.2) is 53.6 Å². The standard InChI is InChI=1S/C24H23ClN4O3/c1-16-10-19(15-30-2)21(12-26)24(28-16)29-27-13-18-6-9-22(23(11-18)31-3)32-14-17-4-7-20(25)8-5-17/h4-11,13H,14-15H2,1-3H3,(H,28,29)/b27-13-. The Morgan fingerprint density at radius 2 is 1.88 bits per heavy atom. The van der Waals surface area contributed by atoms with Crippen molar-refractivity contribution in [1.82, 2.24) is 4.98 Å². The smallest absolute Gasteiger partial charge is 0.164 e. The maximum absolute atomic E-state index is 9.50. The number of methoxy groups -OCH3 is 2.